The van der Waals surface area contributed by atoms with Crippen molar-refractivity contribution in [3.63, 3.8) is 0 Å². The Balaban J connectivity index is 3.10. The van der Waals surface area contributed by atoms with E-state index in [1.807, 2.05) is 0 Å². The van der Waals surface area contributed by atoms with Crippen LogP contribution in [0.4, 0.5) is 0 Å². The molecule has 120 valence electrons. The average molecular weight is 294 g/mol. The van der Waals surface area contributed by atoms with Gasteiger partial charge in [-0.25, -0.2) is 0 Å². The first kappa shape index (κ1) is 17.8. The molecule has 0 saturated heterocycles. The van der Waals surface area contributed by atoms with Crippen molar-refractivity contribution in [2.24, 2.45) is 16.7 Å². The molecule has 0 bridgehead atoms. The molecule has 0 spiro atoms. The number of ether oxygens (including phenoxy) is 1. The summed E-state index contributed by atoms with van der Waals surface area (Å²) in [5.74, 6) is 0.431. The number of methoxy groups -OCH3 is 1. The molecule has 1 rings (SSSR count). The summed E-state index contributed by atoms with van der Waals surface area (Å²) in [6.45, 7) is 12.8. The number of esters is 1. The highest BCUT2D eigenvalue weighted by molar-refractivity contribution is 5.69. The topological polar surface area (TPSA) is 46.5 Å². The van der Waals surface area contributed by atoms with Crippen molar-refractivity contribution >= 4 is 5.97 Å². The summed E-state index contributed by atoms with van der Waals surface area (Å²) >= 11 is 0. The molecule has 0 aromatic heterocycles. The molecule has 1 aliphatic rings. The zero-order chi connectivity index (χ0) is 16.4. The summed E-state index contributed by atoms with van der Waals surface area (Å²) < 4.78 is 4.72. The molecule has 0 aliphatic heterocycles. The van der Waals surface area contributed by atoms with Gasteiger partial charge in [-0.2, -0.15) is 0 Å². The Kier molecular flexibility index (Phi) is 5.30. The normalized spacial score (nSPS) is 20.3. The third kappa shape index (κ3) is 4.62. The lowest BCUT2D eigenvalue weighted by Crippen LogP contribution is -2.28. The van der Waals surface area contributed by atoms with E-state index in [9.17, 15) is 9.90 Å². The molecule has 0 radical (unpaired) electrons. The molecule has 3 nitrogen and oxygen atoms in total. The fourth-order valence-electron chi connectivity index (χ4n) is 2.74. The van der Waals surface area contributed by atoms with Crippen LogP contribution in [0.15, 0.2) is 23.0 Å². The second-order valence-corrected chi connectivity index (χ2v) is 8.05. The summed E-state index contributed by atoms with van der Waals surface area (Å²) in [4.78, 5) is 11.4. The van der Waals surface area contributed by atoms with Gasteiger partial charge in [0, 0.05) is 12.3 Å². The predicted molar refractivity (Wildman–Crippen MR) is 86.0 cm³/mol. The second kappa shape index (κ2) is 6.25. The summed E-state index contributed by atoms with van der Waals surface area (Å²) in [5, 5.41) is 10.7. The molecule has 1 unspecified atom stereocenters. The van der Waals surface area contributed by atoms with Crippen molar-refractivity contribution < 1.29 is 14.6 Å². The van der Waals surface area contributed by atoms with Crippen molar-refractivity contribution in [1.82, 2.24) is 0 Å². The molecule has 0 fully saturated rings. The first-order chi connectivity index (χ1) is 9.46. The van der Waals surface area contributed by atoms with Crippen molar-refractivity contribution in [1.29, 1.82) is 0 Å². The van der Waals surface area contributed by atoms with E-state index in [4.69, 9.17) is 4.74 Å². The van der Waals surface area contributed by atoms with Gasteiger partial charge in [0.05, 0.1) is 12.9 Å². The molecular weight excluding hydrogens is 264 g/mol. The van der Waals surface area contributed by atoms with E-state index in [0.717, 1.165) is 12.0 Å². The van der Waals surface area contributed by atoms with Gasteiger partial charge in [0.1, 0.15) is 0 Å². The second-order valence-electron chi connectivity index (χ2n) is 8.05. The largest absolute Gasteiger partial charge is 0.512 e. The van der Waals surface area contributed by atoms with Crippen LogP contribution >= 0.6 is 0 Å². The third-order valence-electron chi connectivity index (χ3n) is 4.15. The summed E-state index contributed by atoms with van der Waals surface area (Å²) in [6, 6.07) is 0. The molecule has 1 atom stereocenters. The highest BCUT2D eigenvalue weighted by Crippen LogP contribution is 2.45. The number of aliphatic hydroxyl groups excluding tert-OH is 1. The van der Waals surface area contributed by atoms with Gasteiger partial charge >= 0.3 is 5.97 Å². The lowest BCUT2D eigenvalue weighted by molar-refractivity contribution is -0.140. The Labute approximate surface area is 129 Å². The van der Waals surface area contributed by atoms with Crippen molar-refractivity contribution in [2.45, 2.75) is 60.8 Å². The van der Waals surface area contributed by atoms with Gasteiger partial charge in [-0.15, -0.1) is 0 Å². The minimum absolute atomic E-state index is 0.00857. The molecule has 3 heteroatoms. The fraction of sp³-hybridized carbons (Fsp3) is 0.722. The van der Waals surface area contributed by atoms with Crippen LogP contribution in [0.25, 0.3) is 0 Å². The van der Waals surface area contributed by atoms with Gasteiger partial charge in [-0.05, 0) is 29.2 Å². The van der Waals surface area contributed by atoms with E-state index in [-0.39, 0.29) is 22.7 Å². The van der Waals surface area contributed by atoms with Crippen LogP contribution in [-0.2, 0) is 9.53 Å². The minimum Gasteiger partial charge on any atom is -0.512 e. The van der Waals surface area contributed by atoms with Crippen molar-refractivity contribution in [3.8, 4) is 0 Å². The zero-order valence-electron chi connectivity index (χ0n) is 14.5. The highest BCUT2D eigenvalue weighted by Gasteiger charge is 2.35. The number of hydrogen-bond acceptors (Lipinski definition) is 3. The summed E-state index contributed by atoms with van der Waals surface area (Å²) in [5.41, 5.74) is 2.10. The highest BCUT2D eigenvalue weighted by atomic mass is 16.5. The van der Waals surface area contributed by atoms with E-state index < -0.39 is 0 Å². The Bertz CT molecular complexity index is 456. The van der Waals surface area contributed by atoms with E-state index in [0.29, 0.717) is 18.6 Å². The molecular formula is C18H30O3. The monoisotopic (exact) mass is 294 g/mol. The number of aliphatic hydroxyl groups is 1. The van der Waals surface area contributed by atoms with Gasteiger partial charge in [-0.1, -0.05) is 53.2 Å². The van der Waals surface area contributed by atoms with Gasteiger partial charge in [0.15, 0.2) is 0 Å². The van der Waals surface area contributed by atoms with Crippen molar-refractivity contribution in [2.75, 3.05) is 7.11 Å². The maximum Gasteiger partial charge on any atom is 0.305 e. The number of allylic oxidation sites excluding steroid dienone is 4. The molecule has 0 aromatic carbocycles. The van der Waals surface area contributed by atoms with Crippen LogP contribution < -0.4 is 0 Å². The fourth-order valence-corrected chi connectivity index (χ4v) is 2.74. The van der Waals surface area contributed by atoms with Crippen LogP contribution in [0.2, 0.25) is 0 Å². The molecule has 1 N–H and O–H groups in total. The number of hydrogen-bond donors (Lipinski definition) is 1. The van der Waals surface area contributed by atoms with E-state index in [1.54, 1.807) is 0 Å². The lowest BCUT2D eigenvalue weighted by Gasteiger charge is -2.37. The quantitative estimate of drug-likeness (QED) is 0.761. The van der Waals surface area contributed by atoms with Crippen LogP contribution in [0.3, 0.4) is 0 Å². The van der Waals surface area contributed by atoms with E-state index >= 15 is 0 Å². The smallest absolute Gasteiger partial charge is 0.305 e. The Hall–Kier alpha value is -1.25. The zero-order valence-corrected chi connectivity index (χ0v) is 14.5. The maximum atomic E-state index is 11.4. The van der Waals surface area contributed by atoms with Crippen LogP contribution in [0, 0.1) is 16.7 Å². The third-order valence-corrected chi connectivity index (χ3v) is 4.15. The van der Waals surface area contributed by atoms with Gasteiger partial charge in [0.25, 0.3) is 0 Å². The Morgan fingerprint density at radius 3 is 2.29 bits per heavy atom. The summed E-state index contributed by atoms with van der Waals surface area (Å²) in [6.07, 6.45) is 4.00. The Morgan fingerprint density at radius 2 is 1.86 bits per heavy atom. The van der Waals surface area contributed by atoms with Crippen molar-refractivity contribution in [3.05, 3.63) is 23.0 Å². The van der Waals surface area contributed by atoms with Crippen LogP contribution in [-0.4, -0.2) is 18.2 Å². The van der Waals surface area contributed by atoms with E-state index in [2.05, 4.69) is 47.6 Å². The average Bonchev–Trinajstić information content (AvgIpc) is 2.34. The molecule has 0 saturated carbocycles. The molecule has 0 heterocycles. The van der Waals surface area contributed by atoms with Gasteiger partial charge < -0.3 is 9.84 Å². The molecule has 1 aliphatic carbocycles. The van der Waals surface area contributed by atoms with Crippen LogP contribution in [0.1, 0.15) is 60.8 Å². The van der Waals surface area contributed by atoms with Gasteiger partial charge in [-0.3, -0.25) is 4.79 Å². The summed E-state index contributed by atoms with van der Waals surface area (Å²) in [7, 11) is 1.42. The SMILES string of the molecule is COC(=O)CCC1=CC(C(C)(C)C)=C(O)C(C(C)(C)C)C1. The molecule has 0 aromatic rings. The number of carbonyl (C=O) groups excluding carboxylic acids is 1. The van der Waals surface area contributed by atoms with Crippen LogP contribution in [0.5, 0.6) is 0 Å². The first-order valence-electron chi connectivity index (χ1n) is 7.66. The standard InChI is InChI=1S/C18H30O3/c1-17(2,3)13-10-12(8-9-15(19)21-7)11-14(16(13)20)18(4,5)6/h10,14,20H,8-9,11H2,1-7H3. The van der Waals surface area contributed by atoms with E-state index in [1.165, 1.54) is 12.7 Å². The number of rotatable bonds is 3. The molecule has 21 heavy (non-hydrogen) atoms. The minimum atomic E-state index is -0.181. The Morgan fingerprint density at radius 1 is 1.29 bits per heavy atom. The molecule has 0 amide bonds. The number of carbonyl (C=O) groups is 1. The first-order valence-corrected chi connectivity index (χ1v) is 7.66. The maximum absolute atomic E-state index is 11.4. The lowest BCUT2D eigenvalue weighted by atomic mass is 9.68. The predicted octanol–water partition coefficient (Wildman–Crippen LogP) is 4.79. The van der Waals surface area contributed by atoms with Gasteiger partial charge in [0.2, 0.25) is 0 Å².